The quantitative estimate of drug-likeness (QED) is 0.528. The summed E-state index contributed by atoms with van der Waals surface area (Å²) in [6, 6.07) is 9.09. The number of anilines is 2. The van der Waals surface area contributed by atoms with Crippen LogP contribution in [0.3, 0.4) is 0 Å². The van der Waals surface area contributed by atoms with Crippen LogP contribution in [0.4, 0.5) is 11.6 Å². The van der Waals surface area contributed by atoms with Crippen molar-refractivity contribution in [1.29, 1.82) is 0 Å². The summed E-state index contributed by atoms with van der Waals surface area (Å²) in [5, 5.41) is 6.74. The summed E-state index contributed by atoms with van der Waals surface area (Å²) < 4.78 is 6.95. The van der Waals surface area contributed by atoms with Gasteiger partial charge in [0.25, 0.3) is 11.5 Å². The van der Waals surface area contributed by atoms with Crippen molar-refractivity contribution in [2.75, 3.05) is 17.5 Å². The molecule has 10 heteroatoms. The van der Waals surface area contributed by atoms with Gasteiger partial charge in [-0.25, -0.2) is 9.97 Å². The first-order valence-corrected chi connectivity index (χ1v) is 10.3. The molecule has 9 nitrogen and oxygen atoms in total. The molecule has 0 unspecified atom stereocenters. The van der Waals surface area contributed by atoms with Crippen molar-refractivity contribution in [3.8, 4) is 5.75 Å². The zero-order valence-corrected chi connectivity index (χ0v) is 18.1. The number of benzene rings is 1. The molecule has 0 spiro atoms. The number of methoxy groups -OCH3 is 1. The number of carbonyl (C=O) groups is 1. The van der Waals surface area contributed by atoms with Gasteiger partial charge in [0.2, 0.25) is 5.84 Å². The Morgan fingerprint density at radius 2 is 1.90 bits per heavy atom. The molecule has 1 aliphatic rings. The highest BCUT2D eigenvalue weighted by atomic mass is 32.1. The van der Waals surface area contributed by atoms with Crippen LogP contribution in [0.25, 0.3) is 20.4 Å². The van der Waals surface area contributed by atoms with Gasteiger partial charge in [0, 0.05) is 18.0 Å². The first-order valence-electron chi connectivity index (χ1n) is 9.51. The summed E-state index contributed by atoms with van der Waals surface area (Å²) in [4.78, 5) is 35.6. The fourth-order valence-corrected chi connectivity index (χ4v) is 4.74. The summed E-state index contributed by atoms with van der Waals surface area (Å²) in [5.74, 6) is 0.669. The first-order chi connectivity index (χ1) is 14.9. The maximum absolute atomic E-state index is 13.4. The van der Waals surface area contributed by atoms with Crippen LogP contribution in [0, 0.1) is 13.8 Å². The number of carbonyl (C=O) groups excluding carboxylic acids is 1. The van der Waals surface area contributed by atoms with Gasteiger partial charge in [0.1, 0.15) is 20.8 Å². The van der Waals surface area contributed by atoms with Crippen LogP contribution in [0.2, 0.25) is 0 Å². The smallest absolute Gasteiger partial charge is 0.292 e. The van der Waals surface area contributed by atoms with Gasteiger partial charge in [-0.05, 0) is 49.7 Å². The minimum atomic E-state index is -0.313. The van der Waals surface area contributed by atoms with Crippen molar-refractivity contribution in [3.63, 3.8) is 0 Å². The van der Waals surface area contributed by atoms with Crippen LogP contribution in [0.5, 0.6) is 5.75 Å². The standard InChI is InChI=1S/C21H18N6O3S/c1-10-9-11(2)22-19-15(10)16-17(31-19)20(29)27-21(23-16)26(24-18(25-27)12(3)28)13-5-7-14(30-4)8-6-13/h5-9H,1-4H3,(H,24,25). The maximum Gasteiger partial charge on any atom is 0.292 e. The molecule has 0 amide bonds. The Hall–Kier alpha value is -3.79. The highest BCUT2D eigenvalue weighted by Crippen LogP contribution is 2.35. The van der Waals surface area contributed by atoms with E-state index in [1.165, 1.54) is 27.9 Å². The number of fused-ring (bicyclic) bond motifs is 4. The fourth-order valence-electron chi connectivity index (χ4n) is 3.58. The van der Waals surface area contributed by atoms with Crippen molar-refractivity contribution in [2.24, 2.45) is 5.10 Å². The first kappa shape index (κ1) is 19.2. The van der Waals surface area contributed by atoms with Crippen LogP contribution in [-0.4, -0.2) is 33.4 Å². The molecule has 31 heavy (non-hydrogen) atoms. The predicted molar refractivity (Wildman–Crippen MR) is 121 cm³/mol. The number of hydrogen-bond acceptors (Lipinski definition) is 9. The summed E-state index contributed by atoms with van der Waals surface area (Å²) >= 11 is 1.29. The molecule has 1 N–H and O–H groups in total. The van der Waals surface area contributed by atoms with E-state index in [-0.39, 0.29) is 23.1 Å². The highest BCUT2D eigenvalue weighted by molar-refractivity contribution is 7.25. The number of ether oxygens (including phenoxy) is 1. The van der Waals surface area contributed by atoms with Gasteiger partial charge in [0.05, 0.1) is 12.8 Å². The number of hydrogen-bond donors (Lipinski definition) is 1. The molecule has 1 aromatic carbocycles. The van der Waals surface area contributed by atoms with E-state index >= 15 is 0 Å². The average molecular weight is 434 g/mol. The Kier molecular flexibility index (Phi) is 4.26. The number of rotatable bonds is 3. The minimum absolute atomic E-state index is 0.0397. The number of hydrazone groups is 1. The normalized spacial score (nSPS) is 13.2. The van der Waals surface area contributed by atoms with E-state index in [1.807, 2.05) is 19.9 Å². The van der Waals surface area contributed by atoms with E-state index in [1.54, 1.807) is 31.4 Å². The number of ketones is 1. The number of aryl methyl sites for hydroxylation is 2. The van der Waals surface area contributed by atoms with Crippen LogP contribution in [0.1, 0.15) is 18.2 Å². The molecule has 4 heterocycles. The molecular formula is C21H18N6O3S. The maximum atomic E-state index is 13.4. The molecule has 5 rings (SSSR count). The van der Waals surface area contributed by atoms with Crippen molar-refractivity contribution in [2.45, 2.75) is 20.8 Å². The van der Waals surface area contributed by atoms with Crippen LogP contribution in [-0.2, 0) is 4.79 Å². The summed E-state index contributed by atoms with van der Waals surface area (Å²) in [5.41, 5.74) is 5.58. The Morgan fingerprint density at radius 1 is 1.16 bits per heavy atom. The third kappa shape index (κ3) is 2.95. The van der Waals surface area contributed by atoms with Crippen LogP contribution in [0.15, 0.2) is 40.2 Å². The topological polar surface area (TPSA) is 102 Å². The van der Waals surface area contributed by atoms with E-state index in [0.29, 0.717) is 21.7 Å². The number of amidine groups is 1. The molecule has 1 aliphatic heterocycles. The lowest BCUT2D eigenvalue weighted by atomic mass is 10.1. The Labute approximate surface area is 180 Å². The zero-order valence-electron chi connectivity index (χ0n) is 17.3. The highest BCUT2D eigenvalue weighted by Gasteiger charge is 2.28. The third-order valence-electron chi connectivity index (χ3n) is 5.03. The van der Waals surface area contributed by atoms with Gasteiger partial charge in [-0.3, -0.25) is 15.0 Å². The molecule has 0 aliphatic carbocycles. The van der Waals surface area contributed by atoms with Crippen molar-refractivity contribution in [3.05, 3.63) is 51.9 Å². The lowest BCUT2D eigenvalue weighted by Gasteiger charge is -2.27. The van der Waals surface area contributed by atoms with Gasteiger partial charge >= 0.3 is 0 Å². The zero-order chi connectivity index (χ0) is 21.9. The molecule has 0 fully saturated rings. The SMILES string of the molecule is COc1ccc(N2N=C(C(C)=O)Nn3c2nc2c(sc4nc(C)cc(C)c42)c3=O)cc1. The summed E-state index contributed by atoms with van der Waals surface area (Å²) in [6.45, 7) is 5.28. The van der Waals surface area contributed by atoms with E-state index in [4.69, 9.17) is 9.72 Å². The summed E-state index contributed by atoms with van der Waals surface area (Å²) in [7, 11) is 1.58. The van der Waals surface area contributed by atoms with E-state index in [0.717, 1.165) is 21.5 Å². The lowest BCUT2D eigenvalue weighted by molar-refractivity contribution is -0.111. The van der Waals surface area contributed by atoms with Crippen molar-refractivity contribution in [1.82, 2.24) is 14.6 Å². The lowest BCUT2D eigenvalue weighted by Crippen LogP contribution is -2.44. The molecule has 0 bridgehead atoms. The third-order valence-corrected chi connectivity index (χ3v) is 6.09. The molecule has 3 aromatic heterocycles. The number of nitrogens with zero attached hydrogens (tertiary/aromatic N) is 5. The van der Waals surface area contributed by atoms with Gasteiger partial charge in [-0.15, -0.1) is 16.4 Å². The molecule has 0 radical (unpaired) electrons. The monoisotopic (exact) mass is 434 g/mol. The summed E-state index contributed by atoms with van der Waals surface area (Å²) in [6.07, 6.45) is 0. The Balaban J connectivity index is 1.82. The second-order valence-electron chi connectivity index (χ2n) is 7.22. The van der Waals surface area contributed by atoms with Crippen LogP contribution >= 0.6 is 11.3 Å². The number of aromatic nitrogens is 3. The fraction of sp³-hybridized carbons (Fsp3) is 0.190. The molecule has 0 saturated heterocycles. The van der Waals surface area contributed by atoms with Gasteiger partial charge in [-0.1, -0.05) is 0 Å². The predicted octanol–water partition coefficient (Wildman–Crippen LogP) is 3.23. The average Bonchev–Trinajstić information content (AvgIpc) is 3.12. The molecule has 4 aromatic rings. The van der Waals surface area contributed by atoms with Gasteiger partial charge in [-0.2, -0.15) is 9.69 Å². The second-order valence-corrected chi connectivity index (χ2v) is 8.22. The van der Waals surface area contributed by atoms with E-state index in [2.05, 4.69) is 15.5 Å². The van der Waals surface area contributed by atoms with Gasteiger partial charge < -0.3 is 4.74 Å². The molecule has 0 atom stereocenters. The Morgan fingerprint density at radius 3 is 2.58 bits per heavy atom. The number of thiophene rings is 1. The van der Waals surface area contributed by atoms with Crippen molar-refractivity contribution < 1.29 is 9.53 Å². The van der Waals surface area contributed by atoms with E-state index in [9.17, 15) is 9.59 Å². The molecule has 156 valence electrons. The minimum Gasteiger partial charge on any atom is -0.497 e. The van der Waals surface area contributed by atoms with Crippen LogP contribution < -0.4 is 20.7 Å². The van der Waals surface area contributed by atoms with E-state index < -0.39 is 0 Å². The Bertz CT molecular complexity index is 1470. The second kappa shape index (κ2) is 6.88. The number of Topliss-reactive ketones (excluding diaryl/α,β-unsaturated/α-hetero) is 1. The molecule has 0 saturated carbocycles. The number of pyridine rings is 1. The number of nitrogens with one attached hydrogen (secondary N) is 1. The largest absolute Gasteiger partial charge is 0.497 e. The van der Waals surface area contributed by atoms with Gasteiger partial charge in [0.15, 0.2) is 5.78 Å². The van der Waals surface area contributed by atoms with Crippen molar-refractivity contribution >= 4 is 55.0 Å². The molecular weight excluding hydrogens is 416 g/mol.